The van der Waals surface area contributed by atoms with Crippen LogP contribution in [0, 0.1) is 47.2 Å². The van der Waals surface area contributed by atoms with Crippen LogP contribution in [0.3, 0.4) is 0 Å². The maximum Gasteiger partial charge on any atom is 3.00 e. The normalized spacial score (nSPS) is 10.1. The van der Waals surface area contributed by atoms with E-state index in [-0.39, 0.29) is 117 Å². The van der Waals surface area contributed by atoms with Crippen LogP contribution in [0.4, 0.5) is 19.2 Å². The number of carbonyl (C=O) groups excluding carboxylic acids is 10. The molecule has 0 atom stereocenters. The molecule has 4 amide bonds. The fourth-order valence-electron chi connectivity index (χ4n) is 10.2. The van der Waals surface area contributed by atoms with Crippen molar-refractivity contribution in [3.8, 4) is 102 Å². The van der Waals surface area contributed by atoms with Gasteiger partial charge < -0.3 is 98.5 Å². The summed E-state index contributed by atoms with van der Waals surface area (Å²) in [7, 11) is 0. The average Bonchev–Trinajstić information content (AvgIpc) is 0.887. The minimum Gasteiger partial charge on any atom is -0.463 e. The quantitative estimate of drug-likeness (QED) is 0.00759. The monoisotopic (exact) mass is 2200 g/mol. The number of carbonyl (C=O) groups is 10. The summed E-state index contributed by atoms with van der Waals surface area (Å²) < 4.78 is 51.1. The van der Waals surface area contributed by atoms with Crippen LogP contribution in [-0.2, 0) is 87.9 Å². The van der Waals surface area contributed by atoms with Crippen molar-refractivity contribution in [3.05, 3.63) is 316 Å². The summed E-state index contributed by atoms with van der Waals surface area (Å²) in [5.41, 5.74) is 8.64. The van der Waals surface area contributed by atoms with E-state index in [4.69, 9.17) is 47.4 Å². The van der Waals surface area contributed by atoms with Crippen LogP contribution in [0.15, 0.2) is 280 Å². The first-order valence-electron chi connectivity index (χ1n) is 42.4. The number of benzene rings is 6. The molecular weight excluding hydrogens is 2090 g/mol. The van der Waals surface area contributed by atoms with Crippen LogP contribution in [0.2, 0.25) is 0 Å². The number of nitrogens with zero attached hydrogens (tertiary/aromatic N) is 6. The van der Waals surface area contributed by atoms with Crippen molar-refractivity contribution in [1.82, 2.24) is 51.2 Å². The zero-order valence-electron chi connectivity index (χ0n) is 76.7. The van der Waals surface area contributed by atoms with E-state index in [2.05, 4.69) is 101 Å². The second-order valence-corrected chi connectivity index (χ2v) is 29.4. The van der Waals surface area contributed by atoms with Gasteiger partial charge in [0.25, 0.3) is 0 Å². The van der Waals surface area contributed by atoms with Crippen molar-refractivity contribution in [2.75, 3.05) is 52.6 Å². The van der Waals surface area contributed by atoms with Crippen molar-refractivity contribution in [2.45, 2.75) is 94.9 Å². The van der Waals surface area contributed by atoms with Crippen LogP contribution >= 0.6 is 0 Å². The maximum atomic E-state index is 11.9. The summed E-state index contributed by atoms with van der Waals surface area (Å²) in [5.74, 6) is 0.489. The van der Waals surface area contributed by atoms with Gasteiger partial charge in [0.1, 0.15) is 26.4 Å². The molecule has 0 fully saturated rings. The average molecular weight is 2200 g/mol. The Kier molecular flexibility index (Phi) is 49.8. The van der Waals surface area contributed by atoms with Crippen molar-refractivity contribution in [1.29, 1.82) is 0 Å². The molecule has 0 saturated heterocycles. The first kappa shape index (κ1) is 111. The molecule has 0 radical (unpaired) electrons. The SMILES string of the molecule is C=C(C)C(=O)OCCNC(=O)Oc1cc[c-]c(-c2ccccn2)c1.C=C(C)C(=O)OCCNC(=O)Oc1cc[c-]c(-c2ccccn2)c1.CCC(=O)Oc1cc[c-]c(-c2ccccn2)c1.CCC(=O)Oc1cc[c-]c(-c2ccccn2)c1.CCC(C)(C)C(=O)OCCNC(=O)Oc1cc[c-]c(-c2ccccn2)c1.CCC(C)(C)C(=O)OCCNC(=O)Oc1cc[c-]c(-c2ccccn2)c1.[Ir+3].[Ir+3]. The Bertz CT molecular complexity index is 5440. The van der Waals surface area contributed by atoms with E-state index >= 15 is 0 Å². The number of aromatic nitrogens is 6. The Morgan fingerprint density at radius 1 is 0.301 bits per heavy atom. The summed E-state index contributed by atoms with van der Waals surface area (Å²) >= 11 is 0. The zero-order chi connectivity index (χ0) is 96.9. The minimum absolute atomic E-state index is 0. The number of nitrogens with one attached hydrogen (secondary N) is 4. The molecule has 4 N–H and O–H groups in total. The van der Waals surface area contributed by atoms with Gasteiger partial charge in [-0.1, -0.05) is 114 Å². The third-order valence-corrected chi connectivity index (χ3v) is 18.2. The Balaban J connectivity index is 0.000000289. The summed E-state index contributed by atoms with van der Waals surface area (Å²) in [4.78, 5) is 141. The number of hydrogen-bond donors (Lipinski definition) is 4. The molecule has 6 heterocycles. The first-order valence-corrected chi connectivity index (χ1v) is 42.4. The van der Waals surface area contributed by atoms with Crippen LogP contribution in [0.25, 0.3) is 67.5 Å². The van der Waals surface area contributed by atoms with Crippen molar-refractivity contribution in [3.63, 3.8) is 0 Å². The molecule has 0 aliphatic carbocycles. The standard InChI is InChI=1S/2C20H23N2O4.2C18H17N2O4.2C14H12NO2.2Ir/c2*1-4-20(2,3)18(23)25-13-12-22-19(24)26-16-9-7-8-15(14-16)17-10-5-6-11-21-17;2*1-13(2)17(21)23-11-10-20-18(22)24-15-7-5-6-14(12-15)16-8-3-4-9-19-16;2*1-2-14(16)17-12-7-5-6-11(10-12)13-8-3-4-9-15-13;;/h2*5-7,9-11,14H,4,12-13H2,1-3H3,(H,22,24);2*3-5,7-9,12H,1,10-11H2,2H3,(H,20,22);2*3-5,7-10H,2H2,1H3;;/q6*-1;2*+3. The van der Waals surface area contributed by atoms with Crippen LogP contribution < -0.4 is 49.7 Å². The molecule has 0 aliphatic rings. The number of ether oxygens (including phenoxy) is 10. The number of rotatable bonds is 32. The van der Waals surface area contributed by atoms with Crippen LogP contribution in [-0.4, -0.2) is 143 Å². The molecular formula is C104H104Ir2N10O20. The van der Waals surface area contributed by atoms with Gasteiger partial charge in [0, 0.05) is 61.2 Å². The Morgan fingerprint density at radius 2 is 0.500 bits per heavy atom. The second kappa shape index (κ2) is 60.9. The first-order chi connectivity index (χ1) is 64.5. The third kappa shape index (κ3) is 41.8. The fourth-order valence-corrected chi connectivity index (χ4v) is 10.2. The Hall–Kier alpha value is -15.1. The molecule has 0 aliphatic heterocycles. The molecule has 0 unspecified atom stereocenters. The summed E-state index contributed by atoms with van der Waals surface area (Å²) in [6.07, 6.45) is 9.73. The van der Waals surface area contributed by atoms with Gasteiger partial charge in [0.05, 0.1) is 71.5 Å². The summed E-state index contributed by atoms with van der Waals surface area (Å²) in [6.45, 7) is 25.6. The molecule has 6 aromatic heterocycles. The molecule has 0 bridgehead atoms. The van der Waals surface area contributed by atoms with Crippen LogP contribution in [0.5, 0.6) is 34.5 Å². The topological polar surface area (TPSA) is 388 Å². The van der Waals surface area contributed by atoms with E-state index in [9.17, 15) is 47.9 Å². The largest absolute Gasteiger partial charge is 3.00 e. The smallest absolute Gasteiger partial charge is 0.463 e. The summed E-state index contributed by atoms with van der Waals surface area (Å²) in [5, 5.41) is 10.1. The molecule has 0 saturated carbocycles. The molecule has 6 aromatic carbocycles. The van der Waals surface area contributed by atoms with Gasteiger partial charge in [0.2, 0.25) is 0 Å². The Morgan fingerprint density at radius 3 is 0.676 bits per heavy atom. The van der Waals surface area contributed by atoms with Crippen molar-refractivity contribution < 1.29 is 136 Å². The predicted molar refractivity (Wildman–Crippen MR) is 501 cm³/mol. The molecule has 708 valence electrons. The molecule has 32 heteroatoms. The van der Waals surface area contributed by atoms with Gasteiger partial charge in [-0.05, 0) is 125 Å². The maximum absolute atomic E-state index is 11.9. The van der Waals surface area contributed by atoms with Gasteiger partial charge in [0.15, 0.2) is 0 Å². The number of esters is 6. The number of hydrogen-bond acceptors (Lipinski definition) is 26. The molecule has 136 heavy (non-hydrogen) atoms. The van der Waals surface area contributed by atoms with E-state index in [1.165, 1.54) is 0 Å². The van der Waals surface area contributed by atoms with Gasteiger partial charge in [-0.25, -0.2) is 28.8 Å². The van der Waals surface area contributed by atoms with E-state index in [0.29, 0.717) is 71.3 Å². The predicted octanol–water partition coefficient (Wildman–Crippen LogP) is 18.5. The minimum atomic E-state index is -0.639. The summed E-state index contributed by atoms with van der Waals surface area (Å²) in [6, 6.07) is 82.0. The van der Waals surface area contributed by atoms with Gasteiger partial charge in [-0.2, -0.15) is 0 Å². The van der Waals surface area contributed by atoms with Crippen LogP contribution in [0.1, 0.15) is 94.9 Å². The van der Waals surface area contributed by atoms with E-state index in [0.717, 1.165) is 67.5 Å². The molecule has 12 rings (SSSR count). The van der Waals surface area contributed by atoms with E-state index in [1.807, 2.05) is 151 Å². The molecule has 0 spiro atoms. The van der Waals surface area contributed by atoms with Gasteiger partial charge >= 0.3 is 100 Å². The fraction of sp³-hybridized carbons (Fsp3) is 0.231. The Labute approximate surface area is 818 Å². The van der Waals surface area contributed by atoms with Crippen molar-refractivity contribution in [2.24, 2.45) is 10.8 Å². The number of pyridine rings is 6. The van der Waals surface area contributed by atoms with E-state index < -0.39 is 47.1 Å². The van der Waals surface area contributed by atoms with Gasteiger partial charge in [-0.15, -0.1) is 179 Å². The van der Waals surface area contributed by atoms with Crippen molar-refractivity contribution >= 4 is 60.2 Å². The second-order valence-electron chi connectivity index (χ2n) is 29.4. The molecule has 30 nitrogen and oxygen atoms in total. The third-order valence-electron chi connectivity index (χ3n) is 18.2. The van der Waals surface area contributed by atoms with Gasteiger partial charge in [-0.3, -0.25) is 19.2 Å². The zero-order valence-corrected chi connectivity index (χ0v) is 81.5. The molecule has 12 aromatic rings. The van der Waals surface area contributed by atoms with E-state index in [1.54, 1.807) is 174 Å². The number of amides is 4.